The van der Waals surface area contributed by atoms with Gasteiger partial charge in [0.1, 0.15) is 11.5 Å². The normalized spacial score (nSPS) is 13.8. The number of phenolic OH excluding ortho intramolecular Hbond substituents is 2. The third-order valence-electron chi connectivity index (χ3n) is 3.64. The lowest BCUT2D eigenvalue weighted by Gasteiger charge is -2.25. The Balaban J connectivity index is 2.24. The van der Waals surface area contributed by atoms with Gasteiger partial charge in [-0.3, -0.25) is 0 Å². The van der Waals surface area contributed by atoms with Gasteiger partial charge in [-0.05, 0) is 25.0 Å². The Kier molecular flexibility index (Phi) is 5.23. The lowest BCUT2D eigenvalue weighted by molar-refractivity contribution is -0.0211. The van der Waals surface area contributed by atoms with E-state index in [2.05, 4.69) is 0 Å². The van der Waals surface area contributed by atoms with Gasteiger partial charge in [0.25, 0.3) is 0 Å². The summed E-state index contributed by atoms with van der Waals surface area (Å²) in [5.41, 5.74) is 1.57. The first-order valence-corrected chi connectivity index (χ1v) is 7.38. The molecule has 2 rings (SSSR count). The van der Waals surface area contributed by atoms with Gasteiger partial charge in [0.2, 0.25) is 0 Å². The molecule has 3 heteroatoms. The molecule has 0 fully saturated rings. The second-order valence-corrected chi connectivity index (χ2v) is 5.05. The summed E-state index contributed by atoms with van der Waals surface area (Å²) in [7, 11) is 0. The van der Waals surface area contributed by atoms with Crippen molar-refractivity contribution in [2.24, 2.45) is 0 Å². The number of aromatic hydroxyl groups is 2. The summed E-state index contributed by atoms with van der Waals surface area (Å²) in [5, 5.41) is 20.0. The average Bonchev–Trinajstić information content (AvgIpc) is 2.51. The molecule has 2 unspecified atom stereocenters. The highest BCUT2D eigenvalue weighted by atomic mass is 16.5. The van der Waals surface area contributed by atoms with Crippen LogP contribution in [0.3, 0.4) is 0 Å². The highest BCUT2D eigenvalue weighted by molar-refractivity contribution is 5.35. The van der Waals surface area contributed by atoms with Crippen molar-refractivity contribution in [3.63, 3.8) is 0 Å². The standard InChI is InChI=1S/C18H22O3/c1-3-17(13-9-5-7-11-15(13)19)21-18(4-2)14-10-6-8-12-16(14)20/h5-12,17-20H,3-4H2,1-2H3. The fourth-order valence-electron chi connectivity index (χ4n) is 2.50. The highest BCUT2D eigenvalue weighted by Crippen LogP contribution is 2.37. The molecule has 21 heavy (non-hydrogen) atoms. The molecule has 0 aliphatic carbocycles. The summed E-state index contributed by atoms with van der Waals surface area (Å²) in [5.74, 6) is 0.493. The molecule has 2 aromatic carbocycles. The zero-order chi connectivity index (χ0) is 15.2. The summed E-state index contributed by atoms with van der Waals surface area (Å²) in [6, 6.07) is 14.5. The molecule has 112 valence electrons. The zero-order valence-corrected chi connectivity index (χ0v) is 12.5. The number of benzene rings is 2. The van der Waals surface area contributed by atoms with Crippen LogP contribution in [0, 0.1) is 0 Å². The Hall–Kier alpha value is -2.00. The van der Waals surface area contributed by atoms with Crippen LogP contribution in [0.4, 0.5) is 0 Å². The van der Waals surface area contributed by atoms with E-state index in [1.165, 1.54) is 0 Å². The Labute approximate surface area is 125 Å². The van der Waals surface area contributed by atoms with Gasteiger partial charge in [0.05, 0.1) is 12.2 Å². The topological polar surface area (TPSA) is 49.7 Å². The van der Waals surface area contributed by atoms with Gasteiger partial charge in [-0.25, -0.2) is 0 Å². The summed E-state index contributed by atoms with van der Waals surface area (Å²) in [6.07, 6.45) is 1.11. The molecule has 3 nitrogen and oxygen atoms in total. The molecule has 0 amide bonds. The van der Waals surface area contributed by atoms with E-state index in [-0.39, 0.29) is 23.7 Å². The number of rotatable bonds is 6. The van der Waals surface area contributed by atoms with E-state index in [9.17, 15) is 10.2 Å². The molecule has 2 N–H and O–H groups in total. The first-order chi connectivity index (χ1) is 10.2. The van der Waals surface area contributed by atoms with Crippen LogP contribution >= 0.6 is 0 Å². The second kappa shape index (κ2) is 7.14. The Morgan fingerprint density at radius 1 is 0.762 bits per heavy atom. The molecule has 0 spiro atoms. The third kappa shape index (κ3) is 3.56. The second-order valence-electron chi connectivity index (χ2n) is 5.05. The Morgan fingerprint density at radius 2 is 1.14 bits per heavy atom. The molecule has 0 radical (unpaired) electrons. The quantitative estimate of drug-likeness (QED) is 0.808. The summed E-state index contributed by atoms with van der Waals surface area (Å²) < 4.78 is 6.16. The smallest absolute Gasteiger partial charge is 0.121 e. The predicted molar refractivity (Wildman–Crippen MR) is 83.4 cm³/mol. The predicted octanol–water partition coefficient (Wildman–Crippen LogP) is 4.72. The largest absolute Gasteiger partial charge is 0.508 e. The van der Waals surface area contributed by atoms with Gasteiger partial charge in [-0.2, -0.15) is 0 Å². The van der Waals surface area contributed by atoms with Crippen molar-refractivity contribution in [1.82, 2.24) is 0 Å². The summed E-state index contributed by atoms with van der Waals surface area (Å²) >= 11 is 0. The van der Waals surface area contributed by atoms with E-state index >= 15 is 0 Å². The molecule has 2 atom stereocenters. The number of para-hydroxylation sites is 2. The third-order valence-corrected chi connectivity index (χ3v) is 3.64. The molecular formula is C18H22O3. The maximum absolute atomic E-state index is 9.99. The molecule has 0 saturated carbocycles. The minimum atomic E-state index is -0.198. The van der Waals surface area contributed by atoms with E-state index < -0.39 is 0 Å². The van der Waals surface area contributed by atoms with E-state index in [0.717, 1.165) is 24.0 Å². The van der Waals surface area contributed by atoms with Crippen molar-refractivity contribution in [1.29, 1.82) is 0 Å². The molecule has 0 aliphatic heterocycles. The minimum Gasteiger partial charge on any atom is -0.508 e. The SMILES string of the molecule is CCC(OC(CC)c1ccccc1O)c1ccccc1O. The Bertz CT molecular complexity index is 529. The molecule has 0 saturated heterocycles. The highest BCUT2D eigenvalue weighted by Gasteiger charge is 2.21. The van der Waals surface area contributed by atoms with Gasteiger partial charge < -0.3 is 14.9 Å². The van der Waals surface area contributed by atoms with E-state index in [1.807, 2.05) is 38.1 Å². The minimum absolute atomic E-state index is 0.198. The van der Waals surface area contributed by atoms with Gasteiger partial charge in [-0.1, -0.05) is 50.2 Å². The lowest BCUT2D eigenvalue weighted by Crippen LogP contribution is -2.10. The van der Waals surface area contributed by atoms with Crippen LogP contribution in [-0.2, 0) is 4.74 Å². The van der Waals surface area contributed by atoms with Crippen molar-refractivity contribution < 1.29 is 14.9 Å². The van der Waals surface area contributed by atoms with Gasteiger partial charge in [0, 0.05) is 11.1 Å². The van der Waals surface area contributed by atoms with Crippen molar-refractivity contribution >= 4 is 0 Å². The number of hydrogen-bond donors (Lipinski definition) is 2. The van der Waals surface area contributed by atoms with Crippen LogP contribution in [-0.4, -0.2) is 10.2 Å². The average molecular weight is 286 g/mol. The van der Waals surface area contributed by atoms with Crippen LogP contribution in [0.1, 0.15) is 50.0 Å². The monoisotopic (exact) mass is 286 g/mol. The van der Waals surface area contributed by atoms with E-state index in [1.54, 1.807) is 24.3 Å². The van der Waals surface area contributed by atoms with Gasteiger partial charge in [0.15, 0.2) is 0 Å². The number of phenols is 2. The van der Waals surface area contributed by atoms with Crippen LogP contribution < -0.4 is 0 Å². The van der Waals surface area contributed by atoms with Crippen LogP contribution in [0.5, 0.6) is 11.5 Å². The van der Waals surface area contributed by atoms with E-state index in [0.29, 0.717) is 0 Å². The first-order valence-electron chi connectivity index (χ1n) is 7.38. The fraction of sp³-hybridized carbons (Fsp3) is 0.333. The van der Waals surface area contributed by atoms with Crippen LogP contribution in [0.15, 0.2) is 48.5 Å². The molecule has 0 aromatic heterocycles. The van der Waals surface area contributed by atoms with Crippen molar-refractivity contribution in [3.8, 4) is 11.5 Å². The number of ether oxygens (including phenoxy) is 1. The summed E-state index contributed by atoms with van der Waals surface area (Å²) in [4.78, 5) is 0. The lowest BCUT2D eigenvalue weighted by atomic mass is 10.0. The van der Waals surface area contributed by atoms with Crippen LogP contribution in [0.25, 0.3) is 0 Å². The molecule has 2 aromatic rings. The van der Waals surface area contributed by atoms with Crippen molar-refractivity contribution in [2.75, 3.05) is 0 Å². The Morgan fingerprint density at radius 3 is 1.48 bits per heavy atom. The summed E-state index contributed by atoms with van der Waals surface area (Å²) in [6.45, 7) is 4.04. The van der Waals surface area contributed by atoms with Crippen molar-refractivity contribution in [3.05, 3.63) is 59.7 Å². The molecule has 0 aliphatic rings. The van der Waals surface area contributed by atoms with Gasteiger partial charge in [-0.15, -0.1) is 0 Å². The van der Waals surface area contributed by atoms with E-state index in [4.69, 9.17) is 4.74 Å². The maximum atomic E-state index is 9.99. The first kappa shape index (κ1) is 15.4. The van der Waals surface area contributed by atoms with Crippen LogP contribution in [0.2, 0.25) is 0 Å². The number of hydrogen-bond acceptors (Lipinski definition) is 3. The fourth-order valence-corrected chi connectivity index (χ4v) is 2.50. The molecule has 0 bridgehead atoms. The van der Waals surface area contributed by atoms with Gasteiger partial charge >= 0.3 is 0 Å². The zero-order valence-electron chi connectivity index (χ0n) is 12.5. The molecular weight excluding hydrogens is 264 g/mol. The molecule has 0 heterocycles. The maximum Gasteiger partial charge on any atom is 0.121 e. The van der Waals surface area contributed by atoms with Crippen molar-refractivity contribution in [2.45, 2.75) is 38.9 Å².